The zero-order valence-electron chi connectivity index (χ0n) is 11.8. The van der Waals surface area contributed by atoms with Crippen LogP contribution in [0.3, 0.4) is 0 Å². The summed E-state index contributed by atoms with van der Waals surface area (Å²) in [6.45, 7) is 8.17. The van der Waals surface area contributed by atoms with Gasteiger partial charge >= 0.3 is 0 Å². The minimum Gasteiger partial charge on any atom is -0.486 e. The van der Waals surface area contributed by atoms with Crippen molar-refractivity contribution in [3.8, 4) is 5.75 Å². The first kappa shape index (κ1) is 15.0. The van der Waals surface area contributed by atoms with Crippen LogP contribution < -0.4 is 10.5 Å². The fraction of sp³-hybridized carbons (Fsp3) is 0.600. The number of ether oxygens (including phenoxy) is 1. The van der Waals surface area contributed by atoms with Crippen LogP contribution in [-0.2, 0) is 6.42 Å². The third-order valence-electron chi connectivity index (χ3n) is 3.17. The Morgan fingerprint density at radius 1 is 1.33 bits per heavy atom. The lowest BCUT2D eigenvalue weighted by atomic mass is 9.84. The second kappa shape index (κ2) is 6.21. The molecule has 2 unspecified atom stereocenters. The lowest BCUT2D eigenvalue weighted by Gasteiger charge is -2.33. The van der Waals surface area contributed by atoms with Gasteiger partial charge in [0, 0.05) is 6.04 Å². The maximum Gasteiger partial charge on any atom is 0.137 e. The molecule has 0 radical (unpaired) electrons. The van der Waals surface area contributed by atoms with Crippen molar-refractivity contribution in [2.24, 2.45) is 11.1 Å². The van der Waals surface area contributed by atoms with Crippen LogP contribution in [0.2, 0.25) is 0 Å². The van der Waals surface area contributed by atoms with Gasteiger partial charge in [-0.3, -0.25) is 0 Å². The Morgan fingerprint density at radius 2 is 2.00 bits per heavy atom. The lowest BCUT2D eigenvalue weighted by molar-refractivity contribution is 0.0591. The largest absolute Gasteiger partial charge is 0.486 e. The van der Waals surface area contributed by atoms with Crippen LogP contribution in [0.15, 0.2) is 24.3 Å². The van der Waals surface area contributed by atoms with Crippen molar-refractivity contribution in [2.45, 2.75) is 46.3 Å². The highest BCUT2D eigenvalue weighted by Crippen LogP contribution is 2.23. The molecule has 0 aliphatic carbocycles. The van der Waals surface area contributed by atoms with E-state index in [1.807, 2.05) is 39.0 Å². The van der Waals surface area contributed by atoms with Gasteiger partial charge in [-0.25, -0.2) is 0 Å². The molecule has 0 saturated carbocycles. The van der Waals surface area contributed by atoms with Gasteiger partial charge in [-0.15, -0.1) is 0 Å². The fourth-order valence-corrected chi connectivity index (χ4v) is 1.80. The van der Waals surface area contributed by atoms with Gasteiger partial charge in [0.2, 0.25) is 0 Å². The summed E-state index contributed by atoms with van der Waals surface area (Å²) in [4.78, 5) is 0. The van der Waals surface area contributed by atoms with E-state index in [2.05, 4.69) is 13.0 Å². The van der Waals surface area contributed by atoms with Crippen molar-refractivity contribution in [3.05, 3.63) is 29.8 Å². The van der Waals surface area contributed by atoms with Crippen molar-refractivity contribution in [1.29, 1.82) is 0 Å². The van der Waals surface area contributed by atoms with Gasteiger partial charge in [-0.1, -0.05) is 39.8 Å². The number of aryl methyl sites for hydroxylation is 1. The molecule has 0 spiro atoms. The molecule has 1 aromatic carbocycles. The predicted molar refractivity (Wildman–Crippen MR) is 74.8 cm³/mol. The van der Waals surface area contributed by atoms with E-state index in [1.54, 1.807) is 0 Å². The smallest absolute Gasteiger partial charge is 0.137 e. The summed E-state index contributed by atoms with van der Waals surface area (Å²) in [5.41, 5.74) is 7.25. The van der Waals surface area contributed by atoms with E-state index in [0.717, 1.165) is 12.2 Å². The number of hydrogen-bond donors (Lipinski definition) is 2. The average molecular weight is 251 g/mol. The summed E-state index contributed by atoms with van der Waals surface area (Å²) in [5, 5.41) is 9.44. The molecule has 3 heteroatoms. The molecule has 3 nitrogen and oxygen atoms in total. The van der Waals surface area contributed by atoms with Crippen LogP contribution in [0.25, 0.3) is 0 Å². The first-order valence-electron chi connectivity index (χ1n) is 6.50. The van der Waals surface area contributed by atoms with Gasteiger partial charge < -0.3 is 15.6 Å². The van der Waals surface area contributed by atoms with Crippen LogP contribution in [0.1, 0.15) is 33.3 Å². The monoisotopic (exact) mass is 251 g/mol. The second-order valence-electron chi connectivity index (χ2n) is 5.73. The first-order valence-corrected chi connectivity index (χ1v) is 6.50. The van der Waals surface area contributed by atoms with E-state index >= 15 is 0 Å². The number of benzene rings is 1. The molecule has 1 rings (SSSR count). The average Bonchev–Trinajstić information content (AvgIpc) is 2.34. The third-order valence-corrected chi connectivity index (χ3v) is 3.17. The second-order valence-corrected chi connectivity index (χ2v) is 5.73. The van der Waals surface area contributed by atoms with Gasteiger partial charge in [0.1, 0.15) is 11.9 Å². The Hall–Kier alpha value is -1.06. The highest BCUT2D eigenvalue weighted by atomic mass is 16.5. The SMILES string of the molecule is CCc1cccc(OC(CO)C(N)C(C)(C)C)c1. The van der Waals surface area contributed by atoms with Crippen molar-refractivity contribution < 1.29 is 9.84 Å². The number of aliphatic hydroxyl groups is 1. The molecule has 0 aliphatic heterocycles. The van der Waals surface area contributed by atoms with Crippen LogP contribution >= 0.6 is 0 Å². The Balaban J connectivity index is 2.79. The van der Waals surface area contributed by atoms with Gasteiger partial charge in [0.25, 0.3) is 0 Å². The van der Waals surface area contributed by atoms with E-state index in [9.17, 15) is 5.11 Å². The van der Waals surface area contributed by atoms with E-state index < -0.39 is 0 Å². The molecule has 0 aliphatic rings. The van der Waals surface area contributed by atoms with Crippen molar-refractivity contribution in [3.63, 3.8) is 0 Å². The van der Waals surface area contributed by atoms with E-state index in [-0.39, 0.29) is 24.2 Å². The molecule has 18 heavy (non-hydrogen) atoms. The summed E-state index contributed by atoms with van der Waals surface area (Å²) in [6.07, 6.45) is 0.587. The van der Waals surface area contributed by atoms with Gasteiger partial charge in [-0.05, 0) is 29.5 Å². The molecule has 2 atom stereocenters. The minimum absolute atomic E-state index is 0.0746. The lowest BCUT2D eigenvalue weighted by Crippen LogP contribution is -2.49. The number of aliphatic hydroxyl groups excluding tert-OH is 1. The molecule has 0 bridgehead atoms. The highest BCUT2D eigenvalue weighted by molar-refractivity contribution is 5.28. The summed E-state index contributed by atoms with van der Waals surface area (Å²) in [7, 11) is 0. The molecule has 0 fully saturated rings. The van der Waals surface area contributed by atoms with Crippen LogP contribution in [-0.4, -0.2) is 23.9 Å². The zero-order chi connectivity index (χ0) is 13.8. The Bertz CT molecular complexity index is 371. The topological polar surface area (TPSA) is 55.5 Å². The normalized spacial score (nSPS) is 15.2. The predicted octanol–water partition coefficient (Wildman–Crippen LogP) is 2.36. The number of nitrogens with two attached hydrogens (primary N) is 1. The van der Waals surface area contributed by atoms with Gasteiger partial charge in [0.15, 0.2) is 0 Å². The van der Waals surface area contributed by atoms with Gasteiger partial charge in [0.05, 0.1) is 6.61 Å². The minimum atomic E-state index is -0.378. The third kappa shape index (κ3) is 4.00. The summed E-state index contributed by atoms with van der Waals surface area (Å²) >= 11 is 0. The Labute approximate surface area is 110 Å². The molecule has 0 heterocycles. The van der Waals surface area contributed by atoms with Crippen LogP contribution in [0, 0.1) is 5.41 Å². The van der Waals surface area contributed by atoms with E-state index in [4.69, 9.17) is 10.5 Å². The van der Waals surface area contributed by atoms with Crippen LogP contribution in [0.5, 0.6) is 5.75 Å². The summed E-state index contributed by atoms with van der Waals surface area (Å²) in [5.74, 6) is 0.771. The quantitative estimate of drug-likeness (QED) is 0.844. The number of rotatable bonds is 5. The molecule has 0 amide bonds. The summed E-state index contributed by atoms with van der Waals surface area (Å²) < 4.78 is 5.82. The molecule has 102 valence electrons. The maximum atomic E-state index is 9.44. The van der Waals surface area contributed by atoms with E-state index in [0.29, 0.717) is 0 Å². The Morgan fingerprint density at radius 3 is 2.50 bits per heavy atom. The highest BCUT2D eigenvalue weighted by Gasteiger charge is 2.30. The number of hydrogen-bond acceptors (Lipinski definition) is 3. The first-order chi connectivity index (χ1) is 8.38. The molecular formula is C15H25NO2. The van der Waals surface area contributed by atoms with Crippen molar-refractivity contribution in [2.75, 3.05) is 6.61 Å². The molecule has 0 saturated heterocycles. The molecule has 3 N–H and O–H groups in total. The van der Waals surface area contributed by atoms with Gasteiger partial charge in [-0.2, -0.15) is 0 Å². The zero-order valence-corrected chi connectivity index (χ0v) is 11.8. The fourth-order valence-electron chi connectivity index (χ4n) is 1.80. The molecule has 0 aromatic heterocycles. The van der Waals surface area contributed by atoms with E-state index in [1.165, 1.54) is 5.56 Å². The van der Waals surface area contributed by atoms with Crippen molar-refractivity contribution in [1.82, 2.24) is 0 Å². The summed E-state index contributed by atoms with van der Waals surface area (Å²) in [6, 6.07) is 7.71. The Kier molecular flexibility index (Phi) is 5.17. The van der Waals surface area contributed by atoms with Crippen LogP contribution in [0.4, 0.5) is 0 Å². The maximum absolute atomic E-state index is 9.44. The van der Waals surface area contributed by atoms with Crippen molar-refractivity contribution >= 4 is 0 Å². The molecule has 1 aromatic rings. The molecular weight excluding hydrogens is 226 g/mol. The standard InChI is InChI=1S/C15H25NO2/c1-5-11-7-6-8-12(9-11)18-13(10-17)14(16)15(2,3)4/h6-9,13-14,17H,5,10,16H2,1-4H3.